The van der Waals surface area contributed by atoms with E-state index < -0.39 is 12.0 Å². The van der Waals surface area contributed by atoms with Crippen LogP contribution < -0.4 is 5.32 Å². The summed E-state index contributed by atoms with van der Waals surface area (Å²) >= 11 is 0. The Bertz CT molecular complexity index is 268. The molecule has 0 fully saturated rings. The molecule has 112 valence electrons. The number of carbonyl (C=O) groups is 2. The van der Waals surface area contributed by atoms with Gasteiger partial charge in [0.25, 0.3) is 0 Å². The summed E-state index contributed by atoms with van der Waals surface area (Å²) in [4.78, 5) is 22.4. The van der Waals surface area contributed by atoms with E-state index >= 15 is 0 Å². The van der Waals surface area contributed by atoms with Gasteiger partial charge in [-0.15, -0.1) is 0 Å². The van der Waals surface area contributed by atoms with Gasteiger partial charge in [-0.3, -0.25) is 4.79 Å². The minimum Gasteiger partial charge on any atom is -0.467 e. The molecule has 19 heavy (non-hydrogen) atoms. The second-order valence-electron chi connectivity index (χ2n) is 4.73. The Morgan fingerprint density at radius 1 is 1.21 bits per heavy atom. The fourth-order valence-corrected chi connectivity index (χ4v) is 1.81. The van der Waals surface area contributed by atoms with Gasteiger partial charge in [0.2, 0.25) is 5.91 Å². The van der Waals surface area contributed by atoms with Gasteiger partial charge in [-0.05, 0) is 12.3 Å². The second-order valence-corrected chi connectivity index (χ2v) is 4.73. The van der Waals surface area contributed by atoms with Crippen molar-refractivity contribution in [1.82, 2.24) is 5.32 Å². The zero-order chi connectivity index (χ0) is 14.7. The van der Waals surface area contributed by atoms with Crippen LogP contribution in [0, 0.1) is 5.92 Å². The highest BCUT2D eigenvalue weighted by molar-refractivity contribution is 5.83. The molecular formula is C14H27NO4. The number of nitrogens with one attached hydrogen (secondary N) is 1. The SMILES string of the molecule is CCCCC(CC)COCC(NC(C)=O)C(=O)OC. The molecule has 2 atom stereocenters. The monoisotopic (exact) mass is 273 g/mol. The van der Waals surface area contributed by atoms with E-state index in [0.29, 0.717) is 12.5 Å². The Hall–Kier alpha value is -1.10. The largest absolute Gasteiger partial charge is 0.467 e. The number of hydrogen-bond acceptors (Lipinski definition) is 4. The molecule has 0 aromatic rings. The highest BCUT2D eigenvalue weighted by Crippen LogP contribution is 2.12. The van der Waals surface area contributed by atoms with Crippen molar-refractivity contribution in [3.8, 4) is 0 Å². The zero-order valence-corrected chi connectivity index (χ0v) is 12.5. The van der Waals surface area contributed by atoms with Crippen molar-refractivity contribution in [2.24, 2.45) is 5.92 Å². The van der Waals surface area contributed by atoms with E-state index in [1.807, 2.05) is 0 Å². The molecule has 0 bridgehead atoms. The quantitative estimate of drug-likeness (QED) is 0.617. The first-order valence-electron chi connectivity index (χ1n) is 6.97. The van der Waals surface area contributed by atoms with Gasteiger partial charge in [-0.1, -0.05) is 33.1 Å². The normalized spacial score (nSPS) is 13.7. The Labute approximate surface area is 116 Å². The number of amides is 1. The highest BCUT2D eigenvalue weighted by atomic mass is 16.5. The molecule has 0 rings (SSSR count). The van der Waals surface area contributed by atoms with Gasteiger partial charge in [0.1, 0.15) is 0 Å². The molecule has 5 heteroatoms. The highest BCUT2D eigenvalue weighted by Gasteiger charge is 2.20. The lowest BCUT2D eigenvalue weighted by Gasteiger charge is -2.18. The van der Waals surface area contributed by atoms with Crippen LogP contribution in [0.4, 0.5) is 0 Å². The molecule has 0 saturated heterocycles. The lowest BCUT2D eigenvalue weighted by atomic mass is 10.0. The molecule has 0 heterocycles. The molecule has 0 spiro atoms. The van der Waals surface area contributed by atoms with Crippen molar-refractivity contribution in [3.05, 3.63) is 0 Å². The van der Waals surface area contributed by atoms with Crippen LogP contribution in [-0.2, 0) is 19.1 Å². The summed E-state index contributed by atoms with van der Waals surface area (Å²) in [6.45, 7) is 6.44. The zero-order valence-electron chi connectivity index (χ0n) is 12.5. The van der Waals surface area contributed by atoms with Crippen molar-refractivity contribution in [2.75, 3.05) is 20.3 Å². The van der Waals surface area contributed by atoms with E-state index in [0.717, 1.165) is 12.8 Å². The maximum Gasteiger partial charge on any atom is 0.330 e. The predicted octanol–water partition coefficient (Wildman–Crippen LogP) is 1.90. The molecule has 0 aromatic heterocycles. The molecular weight excluding hydrogens is 246 g/mol. The van der Waals surface area contributed by atoms with Crippen molar-refractivity contribution >= 4 is 11.9 Å². The van der Waals surface area contributed by atoms with Crippen LogP contribution in [0.25, 0.3) is 0 Å². The topological polar surface area (TPSA) is 64.6 Å². The molecule has 0 aliphatic rings. The number of methoxy groups -OCH3 is 1. The van der Waals surface area contributed by atoms with Crippen LogP contribution in [0.2, 0.25) is 0 Å². The number of hydrogen-bond donors (Lipinski definition) is 1. The number of esters is 1. The van der Waals surface area contributed by atoms with E-state index in [2.05, 4.69) is 23.9 Å². The Kier molecular flexibility index (Phi) is 10.2. The number of carbonyl (C=O) groups excluding carboxylic acids is 2. The third-order valence-corrected chi connectivity index (χ3v) is 3.04. The standard InChI is InChI=1S/C14H27NO4/c1-5-7-8-12(6-2)9-19-10-13(14(17)18-4)15-11(3)16/h12-13H,5-10H2,1-4H3,(H,15,16). The first kappa shape index (κ1) is 17.9. The second kappa shape index (κ2) is 10.8. The molecule has 1 amide bonds. The number of unbranched alkanes of at least 4 members (excludes halogenated alkanes) is 1. The van der Waals surface area contributed by atoms with E-state index in [1.54, 1.807) is 0 Å². The van der Waals surface area contributed by atoms with Gasteiger partial charge in [-0.2, -0.15) is 0 Å². The van der Waals surface area contributed by atoms with Crippen LogP contribution in [-0.4, -0.2) is 38.2 Å². The Balaban J connectivity index is 4.08. The van der Waals surface area contributed by atoms with E-state index in [9.17, 15) is 9.59 Å². The van der Waals surface area contributed by atoms with Crippen LogP contribution in [0.15, 0.2) is 0 Å². The van der Waals surface area contributed by atoms with Gasteiger partial charge in [0.05, 0.1) is 13.7 Å². The van der Waals surface area contributed by atoms with Crippen LogP contribution in [0.1, 0.15) is 46.5 Å². The van der Waals surface area contributed by atoms with Gasteiger partial charge >= 0.3 is 5.97 Å². The summed E-state index contributed by atoms with van der Waals surface area (Å²) in [5, 5.41) is 2.53. The first-order valence-corrected chi connectivity index (χ1v) is 6.97. The molecule has 1 N–H and O–H groups in total. The maximum atomic E-state index is 11.4. The Morgan fingerprint density at radius 2 is 1.89 bits per heavy atom. The fourth-order valence-electron chi connectivity index (χ4n) is 1.81. The molecule has 0 aliphatic heterocycles. The summed E-state index contributed by atoms with van der Waals surface area (Å²) in [7, 11) is 1.30. The summed E-state index contributed by atoms with van der Waals surface area (Å²) in [5.41, 5.74) is 0. The average Bonchev–Trinajstić information content (AvgIpc) is 2.39. The number of ether oxygens (including phenoxy) is 2. The number of rotatable bonds is 10. The van der Waals surface area contributed by atoms with E-state index in [-0.39, 0.29) is 12.5 Å². The van der Waals surface area contributed by atoms with E-state index in [1.165, 1.54) is 26.9 Å². The van der Waals surface area contributed by atoms with Crippen molar-refractivity contribution in [2.45, 2.75) is 52.5 Å². The Morgan fingerprint density at radius 3 is 2.37 bits per heavy atom. The summed E-state index contributed by atoms with van der Waals surface area (Å²) in [6, 6.07) is -0.716. The predicted molar refractivity (Wildman–Crippen MR) is 73.7 cm³/mol. The fraction of sp³-hybridized carbons (Fsp3) is 0.857. The van der Waals surface area contributed by atoms with Crippen molar-refractivity contribution in [1.29, 1.82) is 0 Å². The maximum absolute atomic E-state index is 11.4. The molecule has 5 nitrogen and oxygen atoms in total. The third-order valence-electron chi connectivity index (χ3n) is 3.04. The minimum absolute atomic E-state index is 0.162. The summed E-state index contributed by atoms with van der Waals surface area (Å²) < 4.78 is 10.2. The molecule has 2 unspecified atom stereocenters. The van der Waals surface area contributed by atoms with Crippen molar-refractivity contribution in [3.63, 3.8) is 0 Å². The lowest BCUT2D eigenvalue weighted by Crippen LogP contribution is -2.44. The molecule has 0 saturated carbocycles. The molecule has 0 aromatic carbocycles. The van der Waals surface area contributed by atoms with Gasteiger partial charge in [0.15, 0.2) is 6.04 Å². The van der Waals surface area contributed by atoms with Crippen LogP contribution in [0.5, 0.6) is 0 Å². The van der Waals surface area contributed by atoms with Gasteiger partial charge < -0.3 is 14.8 Å². The smallest absolute Gasteiger partial charge is 0.330 e. The lowest BCUT2D eigenvalue weighted by molar-refractivity contribution is -0.146. The van der Waals surface area contributed by atoms with E-state index in [4.69, 9.17) is 4.74 Å². The first-order chi connectivity index (χ1) is 9.04. The minimum atomic E-state index is -0.716. The molecule has 0 radical (unpaired) electrons. The van der Waals surface area contributed by atoms with Crippen LogP contribution in [0.3, 0.4) is 0 Å². The van der Waals surface area contributed by atoms with Crippen LogP contribution >= 0.6 is 0 Å². The van der Waals surface area contributed by atoms with Gasteiger partial charge in [-0.25, -0.2) is 4.79 Å². The summed E-state index contributed by atoms with van der Waals surface area (Å²) in [5.74, 6) is -0.232. The van der Waals surface area contributed by atoms with Gasteiger partial charge in [0, 0.05) is 13.5 Å². The summed E-state index contributed by atoms with van der Waals surface area (Å²) in [6.07, 6.45) is 4.56. The third kappa shape index (κ3) is 8.59. The average molecular weight is 273 g/mol. The van der Waals surface area contributed by atoms with Crippen molar-refractivity contribution < 1.29 is 19.1 Å². The molecule has 0 aliphatic carbocycles.